The number of nitrogens with zero attached hydrogens (tertiary/aromatic N) is 1. The molecule has 1 fully saturated rings. The molecule has 0 unspecified atom stereocenters. The summed E-state index contributed by atoms with van der Waals surface area (Å²) in [5.74, 6) is -0.596. The molecule has 3 rings (SSSR count). The lowest BCUT2D eigenvalue weighted by Gasteiger charge is -2.45. The van der Waals surface area contributed by atoms with Gasteiger partial charge in [-0.3, -0.25) is 4.79 Å². The Morgan fingerprint density at radius 1 is 1.15 bits per heavy atom. The minimum absolute atomic E-state index is 0.212. The van der Waals surface area contributed by atoms with E-state index in [0.29, 0.717) is 10.7 Å². The maximum atomic E-state index is 13.3. The third-order valence-corrected chi connectivity index (χ3v) is 3.69. The van der Waals surface area contributed by atoms with Crippen LogP contribution >= 0.6 is 11.6 Å². The van der Waals surface area contributed by atoms with Crippen LogP contribution < -0.4 is 10.6 Å². The van der Waals surface area contributed by atoms with E-state index in [2.05, 4.69) is 0 Å². The molecular weight excluding hydrogens is 279 g/mol. The van der Waals surface area contributed by atoms with Crippen LogP contribution in [-0.4, -0.2) is 11.9 Å². The summed E-state index contributed by atoms with van der Waals surface area (Å²) in [5, 5.41) is 0.616. The third kappa shape index (κ3) is 2.07. The summed E-state index contributed by atoms with van der Waals surface area (Å²) in [5.41, 5.74) is 7.28. The zero-order valence-corrected chi connectivity index (χ0v) is 11.2. The van der Waals surface area contributed by atoms with Crippen molar-refractivity contribution in [2.45, 2.75) is 12.1 Å². The van der Waals surface area contributed by atoms with E-state index in [1.54, 1.807) is 24.3 Å². The van der Waals surface area contributed by atoms with Crippen LogP contribution in [0.4, 0.5) is 10.1 Å². The van der Waals surface area contributed by atoms with E-state index < -0.39 is 6.04 Å². The van der Waals surface area contributed by atoms with Crippen LogP contribution in [0.2, 0.25) is 5.02 Å². The Balaban J connectivity index is 1.97. The van der Waals surface area contributed by atoms with Crippen molar-refractivity contribution in [3.05, 3.63) is 64.9 Å². The monoisotopic (exact) mass is 290 g/mol. The van der Waals surface area contributed by atoms with Crippen LogP contribution in [0.1, 0.15) is 11.6 Å². The molecule has 2 aromatic carbocycles. The highest BCUT2D eigenvalue weighted by atomic mass is 35.5. The molecule has 0 spiro atoms. The molecule has 1 heterocycles. The van der Waals surface area contributed by atoms with Gasteiger partial charge in [-0.2, -0.15) is 0 Å². The predicted molar refractivity (Wildman–Crippen MR) is 76.1 cm³/mol. The molecule has 102 valence electrons. The van der Waals surface area contributed by atoms with Crippen LogP contribution in [0.3, 0.4) is 0 Å². The molecule has 20 heavy (non-hydrogen) atoms. The largest absolute Gasteiger partial charge is 0.318 e. The van der Waals surface area contributed by atoms with Crippen molar-refractivity contribution in [1.82, 2.24) is 0 Å². The lowest BCUT2D eigenvalue weighted by Crippen LogP contribution is -2.63. The first-order chi connectivity index (χ1) is 9.58. The Bertz CT molecular complexity index is 659. The molecule has 2 atom stereocenters. The summed E-state index contributed by atoms with van der Waals surface area (Å²) < 4.78 is 13.3. The first-order valence-electron chi connectivity index (χ1n) is 6.17. The van der Waals surface area contributed by atoms with Gasteiger partial charge in [-0.15, -0.1) is 0 Å². The Morgan fingerprint density at radius 3 is 2.50 bits per heavy atom. The van der Waals surface area contributed by atoms with E-state index in [-0.39, 0.29) is 17.8 Å². The Morgan fingerprint density at radius 2 is 1.85 bits per heavy atom. The van der Waals surface area contributed by atoms with Crippen LogP contribution in [0.25, 0.3) is 0 Å². The SMILES string of the molecule is N[C@H]1C(=O)N(c2cccc(F)c2)[C@@H]1c1ccc(Cl)cc1. The first-order valence-corrected chi connectivity index (χ1v) is 6.55. The van der Waals surface area contributed by atoms with Crippen molar-refractivity contribution in [2.75, 3.05) is 4.90 Å². The number of anilines is 1. The van der Waals surface area contributed by atoms with Crippen molar-refractivity contribution in [3.8, 4) is 0 Å². The van der Waals surface area contributed by atoms with Gasteiger partial charge in [0.2, 0.25) is 5.91 Å². The maximum absolute atomic E-state index is 13.3. The van der Waals surface area contributed by atoms with Crippen molar-refractivity contribution in [2.24, 2.45) is 5.73 Å². The Labute approximate surface area is 120 Å². The highest BCUT2D eigenvalue weighted by Gasteiger charge is 2.46. The number of β-lactam (4-membered cyclic amide) rings is 1. The minimum atomic E-state index is -0.612. The average molecular weight is 291 g/mol. The fourth-order valence-electron chi connectivity index (χ4n) is 2.44. The van der Waals surface area contributed by atoms with Gasteiger partial charge in [-0.1, -0.05) is 29.8 Å². The van der Waals surface area contributed by atoms with Crippen LogP contribution in [0, 0.1) is 5.82 Å². The summed E-state index contributed by atoms with van der Waals surface area (Å²) in [6.45, 7) is 0. The molecule has 2 N–H and O–H groups in total. The van der Waals surface area contributed by atoms with Gasteiger partial charge < -0.3 is 10.6 Å². The number of amides is 1. The second-order valence-corrected chi connectivity index (χ2v) is 5.15. The molecule has 0 aliphatic carbocycles. The number of nitrogens with two attached hydrogens (primary N) is 1. The number of carbonyl (C=O) groups is 1. The van der Waals surface area contributed by atoms with Gasteiger partial charge in [0.05, 0.1) is 6.04 Å². The molecule has 0 saturated carbocycles. The predicted octanol–water partition coefficient (Wildman–Crippen LogP) is 2.89. The van der Waals surface area contributed by atoms with Crippen molar-refractivity contribution in [1.29, 1.82) is 0 Å². The van der Waals surface area contributed by atoms with Crippen molar-refractivity contribution < 1.29 is 9.18 Å². The van der Waals surface area contributed by atoms with Gasteiger partial charge in [-0.05, 0) is 35.9 Å². The Kier molecular flexibility index (Phi) is 3.20. The van der Waals surface area contributed by atoms with Gasteiger partial charge in [0, 0.05) is 10.7 Å². The average Bonchev–Trinajstić information content (AvgIpc) is 2.45. The highest BCUT2D eigenvalue weighted by Crippen LogP contribution is 2.38. The zero-order chi connectivity index (χ0) is 14.3. The molecule has 0 bridgehead atoms. The van der Waals surface area contributed by atoms with Gasteiger partial charge >= 0.3 is 0 Å². The second kappa shape index (κ2) is 4.89. The molecular formula is C15H12ClFN2O. The lowest BCUT2D eigenvalue weighted by molar-refractivity contribution is -0.126. The topological polar surface area (TPSA) is 46.3 Å². The fourth-order valence-corrected chi connectivity index (χ4v) is 2.57. The molecule has 0 aromatic heterocycles. The summed E-state index contributed by atoms with van der Waals surface area (Å²) in [4.78, 5) is 13.5. The molecule has 3 nitrogen and oxygen atoms in total. The third-order valence-electron chi connectivity index (χ3n) is 3.44. The molecule has 0 radical (unpaired) electrons. The number of rotatable bonds is 2. The number of halogens is 2. The van der Waals surface area contributed by atoms with Crippen LogP contribution in [0.15, 0.2) is 48.5 Å². The van der Waals surface area contributed by atoms with Gasteiger partial charge in [0.1, 0.15) is 11.9 Å². The van der Waals surface area contributed by atoms with E-state index in [9.17, 15) is 9.18 Å². The molecule has 1 aliphatic rings. The fraction of sp³-hybridized carbons (Fsp3) is 0.133. The Hall–Kier alpha value is -1.91. The van der Waals surface area contributed by atoms with E-state index in [1.165, 1.54) is 17.0 Å². The second-order valence-electron chi connectivity index (χ2n) is 4.71. The van der Waals surface area contributed by atoms with Crippen molar-refractivity contribution in [3.63, 3.8) is 0 Å². The van der Waals surface area contributed by atoms with Gasteiger partial charge in [-0.25, -0.2) is 4.39 Å². The van der Waals surface area contributed by atoms with Crippen LogP contribution in [-0.2, 0) is 4.79 Å². The summed E-state index contributed by atoms with van der Waals surface area (Å²) in [6, 6.07) is 12.2. The number of hydrogen-bond acceptors (Lipinski definition) is 2. The number of carbonyl (C=O) groups excluding carboxylic acids is 1. The summed E-state index contributed by atoms with van der Waals surface area (Å²) >= 11 is 5.86. The lowest BCUT2D eigenvalue weighted by atomic mass is 9.88. The minimum Gasteiger partial charge on any atom is -0.318 e. The highest BCUT2D eigenvalue weighted by molar-refractivity contribution is 6.30. The molecule has 1 saturated heterocycles. The summed E-state index contributed by atoms with van der Waals surface area (Å²) in [7, 11) is 0. The molecule has 5 heteroatoms. The standard InChI is InChI=1S/C15H12ClFN2O/c16-10-6-4-9(5-7-10)14-13(18)15(20)19(14)12-3-1-2-11(17)8-12/h1-8,13-14H,18H2/t13-,14-/m1/s1. The summed E-state index contributed by atoms with van der Waals surface area (Å²) in [6.07, 6.45) is 0. The first kappa shape index (κ1) is 13.1. The molecule has 1 amide bonds. The molecule has 2 aromatic rings. The maximum Gasteiger partial charge on any atom is 0.247 e. The van der Waals surface area contributed by atoms with E-state index in [0.717, 1.165) is 5.56 Å². The van der Waals surface area contributed by atoms with E-state index >= 15 is 0 Å². The number of benzene rings is 2. The van der Waals surface area contributed by atoms with Crippen molar-refractivity contribution >= 4 is 23.2 Å². The molecule has 1 aliphatic heterocycles. The van der Waals surface area contributed by atoms with E-state index in [1.807, 2.05) is 12.1 Å². The normalized spacial score (nSPS) is 21.8. The van der Waals surface area contributed by atoms with Gasteiger partial charge in [0.25, 0.3) is 0 Å². The smallest absolute Gasteiger partial charge is 0.247 e. The van der Waals surface area contributed by atoms with Crippen LogP contribution in [0.5, 0.6) is 0 Å². The quantitative estimate of drug-likeness (QED) is 0.865. The van der Waals surface area contributed by atoms with E-state index in [4.69, 9.17) is 17.3 Å². The number of hydrogen-bond donors (Lipinski definition) is 1. The van der Waals surface area contributed by atoms with Gasteiger partial charge in [0.15, 0.2) is 0 Å². The zero-order valence-electron chi connectivity index (χ0n) is 10.5.